The van der Waals surface area contributed by atoms with Gasteiger partial charge >= 0.3 is 0 Å². The van der Waals surface area contributed by atoms with Crippen LogP contribution in [0, 0.1) is 12.8 Å². The molecule has 1 aliphatic rings. The highest BCUT2D eigenvalue weighted by Gasteiger charge is 2.29. The predicted octanol–water partition coefficient (Wildman–Crippen LogP) is 2.68. The Morgan fingerprint density at radius 1 is 1.36 bits per heavy atom. The monoisotopic (exact) mass is 342 g/mol. The lowest BCUT2D eigenvalue weighted by atomic mass is 10.0. The Morgan fingerprint density at radius 2 is 2.16 bits per heavy atom. The molecule has 2 aromatic rings. The molecule has 6 heteroatoms. The van der Waals surface area contributed by atoms with Gasteiger partial charge in [-0.05, 0) is 50.1 Å². The number of aliphatic hydroxyl groups excluding tert-OH is 1. The van der Waals surface area contributed by atoms with Crippen LogP contribution >= 0.6 is 0 Å². The molecule has 132 valence electrons. The molecule has 1 saturated heterocycles. The predicted molar refractivity (Wildman–Crippen MR) is 93.5 cm³/mol. The maximum Gasteiger partial charge on any atom is 0.291 e. The summed E-state index contributed by atoms with van der Waals surface area (Å²) >= 11 is 0. The third-order valence-electron chi connectivity index (χ3n) is 4.67. The average molecular weight is 342 g/mol. The third-order valence-corrected chi connectivity index (χ3v) is 4.67. The number of rotatable bonds is 4. The van der Waals surface area contributed by atoms with Crippen molar-refractivity contribution in [3.8, 4) is 0 Å². The fraction of sp³-hybridized carbons (Fsp3) is 0.368. The number of hydrogen-bond acceptors (Lipinski definition) is 4. The number of amides is 2. The highest BCUT2D eigenvalue weighted by Crippen LogP contribution is 2.24. The zero-order valence-corrected chi connectivity index (χ0v) is 14.4. The molecule has 0 bridgehead atoms. The number of carbonyl (C=O) groups is 2. The van der Waals surface area contributed by atoms with Crippen LogP contribution in [0.4, 0.5) is 5.69 Å². The van der Waals surface area contributed by atoms with E-state index in [-0.39, 0.29) is 23.5 Å². The van der Waals surface area contributed by atoms with E-state index in [2.05, 4.69) is 5.32 Å². The Labute approximate surface area is 146 Å². The van der Waals surface area contributed by atoms with Crippen molar-refractivity contribution in [1.29, 1.82) is 0 Å². The van der Waals surface area contributed by atoms with E-state index in [1.54, 1.807) is 36.1 Å². The van der Waals surface area contributed by atoms with E-state index < -0.39 is 6.10 Å². The van der Waals surface area contributed by atoms with Gasteiger partial charge in [0.1, 0.15) is 0 Å². The van der Waals surface area contributed by atoms with E-state index in [4.69, 9.17) is 4.42 Å². The number of furan rings is 1. The second-order valence-corrected chi connectivity index (χ2v) is 6.50. The summed E-state index contributed by atoms with van der Waals surface area (Å²) in [4.78, 5) is 26.6. The van der Waals surface area contributed by atoms with Crippen molar-refractivity contribution in [1.82, 2.24) is 4.90 Å². The van der Waals surface area contributed by atoms with Crippen LogP contribution in [0.15, 0.2) is 41.0 Å². The molecule has 2 atom stereocenters. The fourth-order valence-electron chi connectivity index (χ4n) is 3.03. The van der Waals surface area contributed by atoms with Crippen LogP contribution in [-0.2, 0) is 0 Å². The molecule has 2 heterocycles. The molecule has 2 unspecified atom stereocenters. The maximum absolute atomic E-state index is 12.7. The molecule has 1 aromatic heterocycles. The molecule has 0 saturated carbocycles. The van der Waals surface area contributed by atoms with Gasteiger partial charge in [-0.2, -0.15) is 0 Å². The number of nitrogens with zero attached hydrogens (tertiary/aromatic N) is 1. The normalized spacial score (nSPS) is 18.2. The standard InChI is InChI=1S/C19H22N2O4/c1-12-5-6-14(19(24)21-8-7-15(11-21)13(2)22)10-16(12)20-18(23)17-4-3-9-25-17/h3-6,9-10,13,15,22H,7-8,11H2,1-2H3,(H,20,23). The van der Waals surface area contributed by atoms with Gasteiger partial charge in [0.25, 0.3) is 11.8 Å². The van der Waals surface area contributed by atoms with Crippen LogP contribution in [0.1, 0.15) is 39.8 Å². The van der Waals surface area contributed by atoms with Gasteiger partial charge in [0, 0.05) is 30.3 Å². The largest absolute Gasteiger partial charge is 0.459 e. The van der Waals surface area contributed by atoms with Crippen molar-refractivity contribution in [3.05, 3.63) is 53.5 Å². The smallest absolute Gasteiger partial charge is 0.291 e. The van der Waals surface area contributed by atoms with Gasteiger partial charge in [-0.15, -0.1) is 0 Å². The summed E-state index contributed by atoms with van der Waals surface area (Å²) < 4.78 is 5.09. The number of carbonyl (C=O) groups excluding carboxylic acids is 2. The lowest BCUT2D eigenvalue weighted by molar-refractivity contribution is 0.0762. The first-order valence-corrected chi connectivity index (χ1v) is 8.38. The molecule has 6 nitrogen and oxygen atoms in total. The van der Waals surface area contributed by atoms with Crippen molar-refractivity contribution in [2.24, 2.45) is 5.92 Å². The van der Waals surface area contributed by atoms with Gasteiger partial charge in [-0.3, -0.25) is 9.59 Å². The molecule has 1 fully saturated rings. The second-order valence-electron chi connectivity index (χ2n) is 6.50. The van der Waals surface area contributed by atoms with Gasteiger partial charge in [0.2, 0.25) is 0 Å². The SMILES string of the molecule is Cc1ccc(C(=O)N2CCC(C(C)O)C2)cc1NC(=O)c1ccco1. The lowest BCUT2D eigenvalue weighted by Crippen LogP contribution is -2.30. The van der Waals surface area contributed by atoms with E-state index in [0.29, 0.717) is 24.3 Å². The second kappa shape index (κ2) is 7.11. The summed E-state index contributed by atoms with van der Waals surface area (Å²) in [5.41, 5.74) is 1.96. The first-order valence-electron chi connectivity index (χ1n) is 8.38. The molecular formula is C19H22N2O4. The first-order chi connectivity index (χ1) is 12.0. The molecule has 3 rings (SSSR count). The van der Waals surface area contributed by atoms with Crippen molar-refractivity contribution < 1.29 is 19.1 Å². The molecule has 1 aliphatic heterocycles. The topological polar surface area (TPSA) is 82.8 Å². The number of aryl methyl sites for hydroxylation is 1. The average Bonchev–Trinajstić information content (AvgIpc) is 3.28. The zero-order chi connectivity index (χ0) is 18.0. The third kappa shape index (κ3) is 3.74. The number of anilines is 1. The van der Waals surface area contributed by atoms with E-state index in [1.165, 1.54) is 6.26 Å². The summed E-state index contributed by atoms with van der Waals surface area (Å²) in [7, 11) is 0. The molecule has 2 amide bonds. The fourth-order valence-corrected chi connectivity index (χ4v) is 3.03. The maximum atomic E-state index is 12.7. The van der Waals surface area contributed by atoms with Gasteiger partial charge in [-0.1, -0.05) is 6.07 Å². The lowest BCUT2D eigenvalue weighted by Gasteiger charge is -2.18. The van der Waals surface area contributed by atoms with E-state index in [1.807, 2.05) is 13.0 Å². The van der Waals surface area contributed by atoms with Crippen LogP contribution in [0.25, 0.3) is 0 Å². The van der Waals surface area contributed by atoms with Gasteiger partial charge in [0.05, 0.1) is 12.4 Å². The summed E-state index contributed by atoms with van der Waals surface area (Å²) in [5.74, 6) is -0.104. The van der Waals surface area contributed by atoms with Crippen molar-refractivity contribution in [3.63, 3.8) is 0 Å². The van der Waals surface area contributed by atoms with E-state index in [9.17, 15) is 14.7 Å². The first kappa shape index (κ1) is 17.2. The van der Waals surface area contributed by atoms with Crippen LogP contribution < -0.4 is 5.32 Å². The van der Waals surface area contributed by atoms with Crippen LogP contribution in [0.5, 0.6) is 0 Å². The molecular weight excluding hydrogens is 320 g/mol. The van der Waals surface area contributed by atoms with Crippen molar-refractivity contribution in [2.45, 2.75) is 26.4 Å². The van der Waals surface area contributed by atoms with Gasteiger partial charge in [-0.25, -0.2) is 0 Å². The minimum absolute atomic E-state index is 0.0864. The highest BCUT2D eigenvalue weighted by molar-refractivity contribution is 6.04. The molecule has 1 aromatic carbocycles. The quantitative estimate of drug-likeness (QED) is 0.895. The Kier molecular flexibility index (Phi) is 4.90. The van der Waals surface area contributed by atoms with Crippen molar-refractivity contribution >= 4 is 17.5 Å². The summed E-state index contributed by atoms with van der Waals surface area (Å²) in [6.45, 7) is 4.81. The van der Waals surface area contributed by atoms with Gasteiger partial charge < -0.3 is 19.7 Å². The molecule has 25 heavy (non-hydrogen) atoms. The zero-order valence-electron chi connectivity index (χ0n) is 14.4. The van der Waals surface area contributed by atoms with Gasteiger partial charge in [0.15, 0.2) is 5.76 Å². The molecule has 0 radical (unpaired) electrons. The number of benzene rings is 1. The van der Waals surface area contributed by atoms with Crippen LogP contribution in [-0.4, -0.2) is 41.0 Å². The van der Waals surface area contributed by atoms with E-state index >= 15 is 0 Å². The minimum atomic E-state index is -0.418. The number of likely N-dealkylation sites (tertiary alicyclic amines) is 1. The number of nitrogens with one attached hydrogen (secondary N) is 1. The molecule has 0 aliphatic carbocycles. The van der Waals surface area contributed by atoms with E-state index in [0.717, 1.165) is 12.0 Å². The Bertz CT molecular complexity index is 768. The summed E-state index contributed by atoms with van der Waals surface area (Å²) in [6, 6.07) is 8.49. The number of hydrogen-bond donors (Lipinski definition) is 2. The molecule has 0 spiro atoms. The summed E-state index contributed by atoms with van der Waals surface area (Å²) in [5, 5.41) is 12.5. The Hall–Kier alpha value is -2.60. The highest BCUT2D eigenvalue weighted by atomic mass is 16.3. The minimum Gasteiger partial charge on any atom is -0.459 e. The van der Waals surface area contributed by atoms with Crippen molar-refractivity contribution in [2.75, 3.05) is 18.4 Å². The summed E-state index contributed by atoms with van der Waals surface area (Å²) in [6.07, 6.45) is 1.82. The Morgan fingerprint density at radius 3 is 2.80 bits per heavy atom. The van der Waals surface area contributed by atoms with Crippen LogP contribution in [0.2, 0.25) is 0 Å². The Balaban J connectivity index is 1.75. The number of aliphatic hydroxyl groups is 1. The molecule has 2 N–H and O–H groups in total. The van der Waals surface area contributed by atoms with Crippen LogP contribution in [0.3, 0.4) is 0 Å².